The molecule has 5 atom stereocenters. The molecule has 0 N–H and O–H groups in total. The number of hydrogen-bond donors (Lipinski definition) is 0. The molecule has 0 aromatic rings. The van der Waals surface area contributed by atoms with Gasteiger partial charge in [0.25, 0.3) is 0 Å². The number of rotatable bonds is 8. The van der Waals surface area contributed by atoms with Gasteiger partial charge in [0.05, 0.1) is 71.8 Å². The van der Waals surface area contributed by atoms with E-state index in [2.05, 4.69) is 0 Å². The molecule has 4 rings (SSSR count). The van der Waals surface area contributed by atoms with Gasteiger partial charge in [0.1, 0.15) is 23.1 Å². The van der Waals surface area contributed by atoms with Crippen molar-refractivity contribution in [3.05, 3.63) is 11.3 Å². The van der Waals surface area contributed by atoms with Crippen LogP contribution in [-0.4, -0.2) is 101 Å². The molecule has 46 heavy (non-hydrogen) atoms. The van der Waals surface area contributed by atoms with Crippen LogP contribution in [0, 0.1) is 29.1 Å². The summed E-state index contributed by atoms with van der Waals surface area (Å²) >= 11 is 0. The van der Waals surface area contributed by atoms with E-state index in [0.29, 0.717) is 25.7 Å². The van der Waals surface area contributed by atoms with Crippen molar-refractivity contribution in [2.45, 2.75) is 76.3 Å². The molecule has 14 nitrogen and oxygen atoms in total. The lowest BCUT2D eigenvalue weighted by molar-refractivity contribution is -0.184. The number of amidine groups is 1. The van der Waals surface area contributed by atoms with Gasteiger partial charge in [-0.3, -0.25) is 29.0 Å². The molecule has 3 aliphatic carbocycles. The normalized spacial score (nSPS) is 29.4. The molecule has 0 radical (unpaired) electrons. The average molecular weight is 649 g/mol. The highest BCUT2D eigenvalue weighted by Gasteiger charge is 2.77. The first-order valence-electron chi connectivity index (χ1n) is 15.7. The van der Waals surface area contributed by atoms with Gasteiger partial charge in [0.2, 0.25) is 0 Å². The monoisotopic (exact) mass is 648 g/mol. The largest absolute Gasteiger partial charge is 0.469 e. The highest BCUT2D eigenvalue weighted by molar-refractivity contribution is 6.15. The minimum Gasteiger partial charge on any atom is -0.469 e. The number of esters is 6. The number of ether oxygens (including phenoxy) is 6. The van der Waals surface area contributed by atoms with Crippen LogP contribution in [0.4, 0.5) is 0 Å². The van der Waals surface area contributed by atoms with Crippen molar-refractivity contribution >= 4 is 41.7 Å². The second-order valence-corrected chi connectivity index (χ2v) is 12.1. The minimum atomic E-state index is -2.45. The van der Waals surface area contributed by atoms with Crippen molar-refractivity contribution in [1.29, 1.82) is 0 Å². The van der Waals surface area contributed by atoms with E-state index in [1.54, 1.807) is 4.90 Å². The molecule has 254 valence electrons. The Hall–Kier alpha value is -3.97. The van der Waals surface area contributed by atoms with Crippen LogP contribution in [0.15, 0.2) is 16.3 Å². The Labute approximate surface area is 268 Å². The van der Waals surface area contributed by atoms with Gasteiger partial charge in [-0.05, 0) is 25.7 Å². The predicted octanol–water partition coefficient (Wildman–Crippen LogP) is 2.12. The molecule has 2 saturated carbocycles. The quantitative estimate of drug-likeness (QED) is 0.277. The molecule has 3 fully saturated rings. The summed E-state index contributed by atoms with van der Waals surface area (Å²) in [6.07, 6.45) is 7.90. The first-order chi connectivity index (χ1) is 22.1. The van der Waals surface area contributed by atoms with Crippen LogP contribution >= 0.6 is 0 Å². The number of aliphatic imine (C=N–C) groups is 1. The van der Waals surface area contributed by atoms with Gasteiger partial charge in [0.15, 0.2) is 0 Å². The van der Waals surface area contributed by atoms with Crippen LogP contribution in [0.2, 0.25) is 0 Å². The molecule has 1 heterocycles. The molecule has 0 amide bonds. The number of fused-ring (bicyclic) bond motifs is 1. The van der Waals surface area contributed by atoms with Gasteiger partial charge in [-0.1, -0.05) is 38.5 Å². The Morgan fingerprint density at radius 2 is 1.20 bits per heavy atom. The molecule has 0 bridgehead atoms. The zero-order chi connectivity index (χ0) is 33.8. The van der Waals surface area contributed by atoms with Crippen LogP contribution in [0.25, 0.3) is 0 Å². The Balaban J connectivity index is 2.30. The van der Waals surface area contributed by atoms with Gasteiger partial charge in [-0.15, -0.1) is 0 Å². The second-order valence-electron chi connectivity index (χ2n) is 12.1. The standard InChI is InChI=1S/C32H44N2O12/c1-41-26(35)19-20(27(36)42-2)22(29(38)44-4)32(31(40)46-6)23(30(39)45-5)25(33-17-13-9-7-10-14-17)34(18-15-11-8-12-16-18)24(32)21(19)28(37)43-3/h17-20,22-23H,7-16H2,1-6H3/t19-,20-,22+,23+,32+/m1/s1. The van der Waals surface area contributed by atoms with Crippen LogP contribution < -0.4 is 0 Å². The molecule has 0 aromatic heterocycles. The van der Waals surface area contributed by atoms with E-state index < -0.39 is 76.5 Å². The number of likely N-dealkylation sites (tertiary alicyclic amines) is 1. The lowest BCUT2D eigenvalue weighted by Gasteiger charge is -2.47. The summed E-state index contributed by atoms with van der Waals surface area (Å²) in [5.41, 5.74) is -3.05. The number of carbonyl (C=O) groups is 6. The number of methoxy groups -OCH3 is 6. The zero-order valence-corrected chi connectivity index (χ0v) is 27.3. The van der Waals surface area contributed by atoms with Crippen LogP contribution in [0.1, 0.15) is 64.2 Å². The van der Waals surface area contributed by atoms with E-state index in [-0.39, 0.29) is 17.6 Å². The Kier molecular flexibility index (Phi) is 11.1. The van der Waals surface area contributed by atoms with E-state index in [0.717, 1.165) is 81.2 Å². The van der Waals surface area contributed by atoms with Crippen LogP contribution in [0.5, 0.6) is 0 Å². The fourth-order valence-electron chi connectivity index (χ4n) is 8.03. The summed E-state index contributed by atoms with van der Waals surface area (Å²) < 4.78 is 31.3. The maximum atomic E-state index is 14.6. The van der Waals surface area contributed by atoms with E-state index >= 15 is 0 Å². The number of nitrogens with zero attached hydrogens (tertiary/aromatic N) is 2. The SMILES string of the molecule is COC(=O)C1=C2N(C3CCCCC3)C(=NC3CCCCC3)[C@@H](C(=O)OC)[C@@]2(C(=O)OC)[C@H](C(=O)OC)[C@H](C(=O)OC)[C@H]1C(=O)OC. The highest BCUT2D eigenvalue weighted by atomic mass is 16.6. The van der Waals surface area contributed by atoms with Crippen molar-refractivity contribution < 1.29 is 57.2 Å². The zero-order valence-electron chi connectivity index (χ0n) is 27.3. The topological polar surface area (TPSA) is 173 Å². The lowest BCUT2D eigenvalue weighted by Crippen LogP contribution is -2.61. The van der Waals surface area contributed by atoms with Crippen LogP contribution in [0.3, 0.4) is 0 Å². The van der Waals surface area contributed by atoms with Crippen molar-refractivity contribution in [3.63, 3.8) is 0 Å². The maximum Gasteiger partial charge on any atom is 0.336 e. The molecule has 0 unspecified atom stereocenters. The Bertz CT molecular complexity index is 1300. The predicted molar refractivity (Wildman–Crippen MR) is 159 cm³/mol. The number of hydrogen-bond acceptors (Lipinski definition) is 13. The molecule has 0 spiro atoms. The third-order valence-electron chi connectivity index (χ3n) is 9.95. The van der Waals surface area contributed by atoms with Gasteiger partial charge in [0, 0.05) is 6.04 Å². The van der Waals surface area contributed by atoms with E-state index in [1.165, 1.54) is 0 Å². The van der Waals surface area contributed by atoms with E-state index in [4.69, 9.17) is 33.4 Å². The third kappa shape index (κ3) is 5.63. The number of carbonyl (C=O) groups excluding carboxylic acids is 6. The molecular formula is C32H44N2O12. The molecule has 0 aromatic carbocycles. The first-order valence-corrected chi connectivity index (χ1v) is 15.7. The third-order valence-corrected chi connectivity index (χ3v) is 9.95. The van der Waals surface area contributed by atoms with Gasteiger partial charge >= 0.3 is 35.8 Å². The summed E-state index contributed by atoms with van der Waals surface area (Å²) in [6, 6.07) is -0.654. The summed E-state index contributed by atoms with van der Waals surface area (Å²) in [6.45, 7) is 0. The van der Waals surface area contributed by atoms with Gasteiger partial charge < -0.3 is 33.3 Å². The fourth-order valence-corrected chi connectivity index (χ4v) is 8.03. The van der Waals surface area contributed by atoms with Crippen molar-refractivity contribution in [3.8, 4) is 0 Å². The first kappa shape index (κ1) is 34.9. The summed E-state index contributed by atoms with van der Waals surface area (Å²) in [4.78, 5) is 91.0. The van der Waals surface area contributed by atoms with Crippen LogP contribution in [-0.2, 0) is 57.2 Å². The minimum absolute atomic E-state index is 0.107. The average Bonchev–Trinajstić information content (AvgIpc) is 3.39. The van der Waals surface area contributed by atoms with Crippen molar-refractivity contribution in [1.82, 2.24) is 4.90 Å². The van der Waals surface area contributed by atoms with Crippen molar-refractivity contribution in [2.75, 3.05) is 42.7 Å². The van der Waals surface area contributed by atoms with Crippen molar-refractivity contribution in [2.24, 2.45) is 34.1 Å². The molecular weight excluding hydrogens is 604 g/mol. The second kappa shape index (κ2) is 14.6. The summed E-state index contributed by atoms with van der Waals surface area (Å²) in [5, 5.41) is 0. The summed E-state index contributed by atoms with van der Waals surface area (Å²) in [7, 11) is 6.42. The molecule has 14 heteroatoms. The molecule has 4 aliphatic rings. The highest BCUT2D eigenvalue weighted by Crippen LogP contribution is 2.63. The maximum absolute atomic E-state index is 14.6. The molecule has 1 aliphatic heterocycles. The summed E-state index contributed by atoms with van der Waals surface area (Å²) in [5.74, 6) is -13.6. The van der Waals surface area contributed by atoms with Gasteiger partial charge in [-0.25, -0.2) is 4.79 Å². The van der Waals surface area contributed by atoms with Gasteiger partial charge in [-0.2, -0.15) is 0 Å². The molecule has 1 saturated heterocycles. The Morgan fingerprint density at radius 3 is 1.70 bits per heavy atom. The van der Waals surface area contributed by atoms with E-state index in [1.807, 2.05) is 0 Å². The smallest absolute Gasteiger partial charge is 0.336 e. The fraction of sp³-hybridized carbons (Fsp3) is 0.719. The van der Waals surface area contributed by atoms with E-state index in [9.17, 15) is 28.8 Å². The lowest BCUT2D eigenvalue weighted by atomic mass is 9.54. The Morgan fingerprint density at radius 1 is 0.652 bits per heavy atom.